The van der Waals surface area contributed by atoms with Gasteiger partial charge in [0.2, 0.25) is 0 Å². The molecule has 104 valence electrons. The second kappa shape index (κ2) is 4.82. The van der Waals surface area contributed by atoms with Gasteiger partial charge in [-0.05, 0) is 20.8 Å². The number of halogens is 2. The number of carbonyl (C=O) groups excluding carboxylic acids is 2. The summed E-state index contributed by atoms with van der Waals surface area (Å²) in [6, 6.07) is -0.799. The summed E-state index contributed by atoms with van der Waals surface area (Å²) in [5.74, 6) is -3.59. The van der Waals surface area contributed by atoms with Gasteiger partial charge in [-0.1, -0.05) is 6.92 Å². The van der Waals surface area contributed by atoms with Gasteiger partial charge in [0.25, 0.3) is 5.92 Å². The first-order valence-corrected chi connectivity index (χ1v) is 5.88. The maximum atomic E-state index is 13.4. The van der Waals surface area contributed by atoms with E-state index in [1.807, 2.05) is 0 Å². The summed E-state index contributed by atoms with van der Waals surface area (Å²) in [6.07, 6.45) is -0.700. The van der Waals surface area contributed by atoms with E-state index in [0.717, 1.165) is 4.90 Å². The number of hydrogen-bond acceptors (Lipinski definition) is 3. The molecule has 1 aliphatic heterocycles. The SMILES string of the molecule is CC(C=O)[C@@H]1CC(F)(F)CN1C(=O)OC(C)(C)C. The Bertz CT molecular complexity index is 339. The molecule has 1 unspecified atom stereocenters. The molecule has 18 heavy (non-hydrogen) atoms. The Kier molecular flexibility index (Phi) is 3.98. The Morgan fingerprint density at radius 1 is 1.50 bits per heavy atom. The van der Waals surface area contributed by atoms with Crippen LogP contribution in [0.4, 0.5) is 13.6 Å². The average molecular weight is 263 g/mol. The first-order valence-electron chi connectivity index (χ1n) is 5.88. The van der Waals surface area contributed by atoms with Gasteiger partial charge in [-0.2, -0.15) is 0 Å². The van der Waals surface area contributed by atoms with E-state index in [-0.39, 0.29) is 0 Å². The number of carbonyl (C=O) groups is 2. The molecule has 1 fully saturated rings. The van der Waals surface area contributed by atoms with Gasteiger partial charge in [0.1, 0.15) is 11.9 Å². The maximum Gasteiger partial charge on any atom is 0.410 e. The topological polar surface area (TPSA) is 46.6 Å². The average Bonchev–Trinajstić information content (AvgIpc) is 2.51. The van der Waals surface area contributed by atoms with Crippen LogP contribution < -0.4 is 0 Å². The zero-order chi connectivity index (χ0) is 14.1. The molecule has 0 radical (unpaired) electrons. The van der Waals surface area contributed by atoms with Crippen LogP contribution in [-0.2, 0) is 9.53 Å². The Hall–Kier alpha value is -1.20. The summed E-state index contributed by atoms with van der Waals surface area (Å²) in [5.41, 5.74) is -0.746. The van der Waals surface area contributed by atoms with E-state index in [0.29, 0.717) is 6.29 Å². The van der Waals surface area contributed by atoms with Gasteiger partial charge in [-0.3, -0.25) is 4.90 Å². The third kappa shape index (κ3) is 3.65. The predicted octanol–water partition coefficient (Wildman–Crippen LogP) is 2.47. The number of hydrogen-bond donors (Lipinski definition) is 0. The van der Waals surface area contributed by atoms with Gasteiger partial charge in [0.05, 0.1) is 12.6 Å². The summed E-state index contributed by atoms with van der Waals surface area (Å²) in [7, 11) is 0. The van der Waals surface area contributed by atoms with Crippen molar-refractivity contribution in [3.8, 4) is 0 Å². The summed E-state index contributed by atoms with van der Waals surface area (Å²) >= 11 is 0. The molecule has 1 rings (SSSR count). The monoisotopic (exact) mass is 263 g/mol. The number of aldehydes is 1. The molecule has 0 bridgehead atoms. The minimum Gasteiger partial charge on any atom is -0.444 e. The molecular formula is C12H19F2NO3. The Morgan fingerprint density at radius 2 is 2.06 bits per heavy atom. The van der Waals surface area contributed by atoms with Crippen LogP contribution in [0, 0.1) is 5.92 Å². The standard InChI is InChI=1S/C12H19F2NO3/c1-8(6-16)9-5-12(13,14)7-15(9)10(17)18-11(2,3)4/h6,8-9H,5,7H2,1-4H3/t8?,9-/m0/s1. The minimum atomic E-state index is -2.96. The smallest absolute Gasteiger partial charge is 0.410 e. The summed E-state index contributed by atoms with van der Waals surface area (Å²) in [6.45, 7) is 5.83. The van der Waals surface area contributed by atoms with Crippen molar-refractivity contribution in [3.63, 3.8) is 0 Å². The van der Waals surface area contributed by atoms with Gasteiger partial charge in [-0.15, -0.1) is 0 Å². The highest BCUT2D eigenvalue weighted by Crippen LogP contribution is 2.35. The van der Waals surface area contributed by atoms with Crippen molar-refractivity contribution >= 4 is 12.4 Å². The molecule has 1 heterocycles. The normalized spacial score (nSPS) is 24.8. The molecule has 0 N–H and O–H groups in total. The van der Waals surface area contributed by atoms with Crippen molar-refractivity contribution < 1.29 is 23.1 Å². The second-order valence-electron chi connectivity index (χ2n) is 5.73. The summed E-state index contributed by atoms with van der Waals surface area (Å²) in [5, 5.41) is 0. The molecule has 0 spiro atoms. The second-order valence-corrected chi connectivity index (χ2v) is 5.73. The van der Waals surface area contributed by atoms with Crippen molar-refractivity contribution in [3.05, 3.63) is 0 Å². The van der Waals surface area contributed by atoms with Crippen LogP contribution in [0.2, 0.25) is 0 Å². The molecule has 2 atom stereocenters. The number of rotatable bonds is 2. The highest BCUT2D eigenvalue weighted by molar-refractivity contribution is 5.70. The van der Waals surface area contributed by atoms with Crippen LogP contribution >= 0.6 is 0 Å². The number of ether oxygens (including phenoxy) is 1. The fourth-order valence-corrected chi connectivity index (χ4v) is 1.93. The van der Waals surface area contributed by atoms with E-state index in [9.17, 15) is 18.4 Å². The molecular weight excluding hydrogens is 244 g/mol. The van der Waals surface area contributed by atoms with Crippen LogP contribution in [0.3, 0.4) is 0 Å². The molecule has 0 aromatic heterocycles. The fourth-order valence-electron chi connectivity index (χ4n) is 1.93. The third-order valence-corrected chi connectivity index (χ3v) is 2.76. The molecule has 0 aromatic carbocycles. The molecule has 1 amide bonds. The van der Waals surface area contributed by atoms with E-state index in [4.69, 9.17) is 4.74 Å². The van der Waals surface area contributed by atoms with E-state index < -0.39 is 42.5 Å². The van der Waals surface area contributed by atoms with Crippen molar-refractivity contribution in [2.75, 3.05) is 6.54 Å². The van der Waals surface area contributed by atoms with Crippen LogP contribution in [0.5, 0.6) is 0 Å². The Balaban J connectivity index is 2.84. The number of nitrogens with zero attached hydrogens (tertiary/aromatic N) is 1. The first kappa shape index (κ1) is 14.9. The highest BCUT2D eigenvalue weighted by atomic mass is 19.3. The minimum absolute atomic E-state index is 0.494. The lowest BCUT2D eigenvalue weighted by atomic mass is 10.0. The molecule has 6 heteroatoms. The predicted molar refractivity (Wildman–Crippen MR) is 61.5 cm³/mol. The van der Waals surface area contributed by atoms with Gasteiger partial charge in [0.15, 0.2) is 0 Å². The number of likely N-dealkylation sites (tertiary alicyclic amines) is 1. The fraction of sp³-hybridized carbons (Fsp3) is 0.833. The van der Waals surface area contributed by atoms with E-state index >= 15 is 0 Å². The third-order valence-electron chi connectivity index (χ3n) is 2.76. The Labute approximate surface area is 105 Å². The quantitative estimate of drug-likeness (QED) is 0.719. The lowest BCUT2D eigenvalue weighted by molar-refractivity contribution is -0.112. The van der Waals surface area contributed by atoms with Crippen LogP contribution in [0.15, 0.2) is 0 Å². The highest BCUT2D eigenvalue weighted by Gasteiger charge is 2.49. The zero-order valence-corrected chi connectivity index (χ0v) is 11.1. The summed E-state index contributed by atoms with van der Waals surface area (Å²) < 4.78 is 31.8. The molecule has 4 nitrogen and oxygen atoms in total. The largest absolute Gasteiger partial charge is 0.444 e. The first-order chi connectivity index (χ1) is 8.06. The molecule has 0 aromatic rings. The number of alkyl halides is 2. The van der Waals surface area contributed by atoms with E-state index in [2.05, 4.69) is 0 Å². The van der Waals surface area contributed by atoms with Gasteiger partial charge in [0, 0.05) is 12.3 Å². The zero-order valence-electron chi connectivity index (χ0n) is 11.1. The Morgan fingerprint density at radius 3 is 2.50 bits per heavy atom. The lowest BCUT2D eigenvalue weighted by Crippen LogP contribution is -2.43. The van der Waals surface area contributed by atoms with Gasteiger partial charge < -0.3 is 9.53 Å². The lowest BCUT2D eigenvalue weighted by Gasteiger charge is -2.29. The van der Waals surface area contributed by atoms with Crippen molar-refractivity contribution in [2.45, 2.75) is 51.7 Å². The van der Waals surface area contributed by atoms with Gasteiger partial charge >= 0.3 is 6.09 Å². The number of amides is 1. The van der Waals surface area contributed by atoms with Crippen LogP contribution in [-0.4, -0.2) is 41.4 Å². The maximum absolute atomic E-state index is 13.4. The molecule has 1 saturated heterocycles. The molecule has 0 aliphatic carbocycles. The van der Waals surface area contributed by atoms with E-state index in [1.54, 1.807) is 20.8 Å². The molecule has 1 aliphatic rings. The van der Waals surface area contributed by atoms with Gasteiger partial charge in [-0.25, -0.2) is 13.6 Å². The van der Waals surface area contributed by atoms with E-state index in [1.165, 1.54) is 6.92 Å². The van der Waals surface area contributed by atoms with Crippen molar-refractivity contribution in [1.29, 1.82) is 0 Å². The van der Waals surface area contributed by atoms with Crippen LogP contribution in [0.1, 0.15) is 34.1 Å². The van der Waals surface area contributed by atoms with Crippen molar-refractivity contribution in [2.24, 2.45) is 5.92 Å². The summed E-state index contributed by atoms with van der Waals surface area (Å²) in [4.78, 5) is 23.5. The van der Waals surface area contributed by atoms with Crippen LogP contribution in [0.25, 0.3) is 0 Å². The van der Waals surface area contributed by atoms with Crippen molar-refractivity contribution in [1.82, 2.24) is 4.90 Å². The molecule has 0 saturated carbocycles.